The van der Waals surface area contributed by atoms with Crippen molar-refractivity contribution in [3.05, 3.63) is 100 Å². The van der Waals surface area contributed by atoms with Gasteiger partial charge in [-0.3, -0.25) is 9.78 Å². The van der Waals surface area contributed by atoms with E-state index in [1.54, 1.807) is 42.9 Å². The largest absolute Gasteiger partial charge is 0.301 e. The number of pyridine rings is 1. The molecule has 0 saturated heterocycles. The van der Waals surface area contributed by atoms with Crippen molar-refractivity contribution in [3.63, 3.8) is 0 Å². The first-order valence-electron chi connectivity index (χ1n) is 8.78. The Kier molecular flexibility index (Phi) is 5.90. The summed E-state index contributed by atoms with van der Waals surface area (Å²) in [5.74, 6) is -0.697. The van der Waals surface area contributed by atoms with Crippen LogP contribution in [0.2, 0.25) is 10.0 Å². The average molecular weight is 440 g/mol. The summed E-state index contributed by atoms with van der Waals surface area (Å²) in [6, 6.07) is 18.3. The van der Waals surface area contributed by atoms with E-state index in [4.69, 9.17) is 23.2 Å². The number of hydrogen-bond donors (Lipinski definition) is 1. The number of nitrogens with one attached hydrogen (secondary N) is 1. The Hall–Kier alpha value is -2.73. The molecule has 4 rings (SSSR count). The van der Waals surface area contributed by atoms with Crippen LogP contribution >= 0.6 is 34.5 Å². The first kappa shape index (κ1) is 19.6. The van der Waals surface area contributed by atoms with E-state index in [0.29, 0.717) is 15.2 Å². The smallest absolute Gasteiger partial charge is 0.238 e. The van der Waals surface area contributed by atoms with Crippen LogP contribution in [0.5, 0.6) is 0 Å². The molecule has 0 unspecified atom stereocenters. The third kappa shape index (κ3) is 4.65. The number of benzene rings is 2. The van der Waals surface area contributed by atoms with Gasteiger partial charge in [0.2, 0.25) is 5.91 Å². The summed E-state index contributed by atoms with van der Waals surface area (Å²) < 4.78 is 0. The maximum Gasteiger partial charge on any atom is 0.238 e. The molecule has 4 nitrogen and oxygen atoms in total. The van der Waals surface area contributed by atoms with E-state index in [0.717, 1.165) is 21.6 Å². The van der Waals surface area contributed by atoms with Gasteiger partial charge in [0.25, 0.3) is 0 Å². The zero-order valence-corrected chi connectivity index (χ0v) is 17.4. The minimum Gasteiger partial charge on any atom is -0.301 e. The molecular weight excluding hydrogens is 425 g/mol. The molecule has 0 spiro atoms. The monoisotopic (exact) mass is 439 g/mol. The van der Waals surface area contributed by atoms with E-state index in [1.165, 1.54) is 11.3 Å². The van der Waals surface area contributed by atoms with E-state index in [1.807, 2.05) is 36.4 Å². The topological polar surface area (TPSA) is 54.9 Å². The molecule has 0 aliphatic rings. The summed E-state index contributed by atoms with van der Waals surface area (Å²) in [6.45, 7) is 0. The number of rotatable bonds is 5. The van der Waals surface area contributed by atoms with Crippen molar-refractivity contribution in [1.29, 1.82) is 0 Å². The third-order valence-corrected chi connectivity index (χ3v) is 5.82. The van der Waals surface area contributed by atoms with Crippen molar-refractivity contribution in [2.75, 3.05) is 5.32 Å². The first-order chi connectivity index (χ1) is 14.1. The minimum absolute atomic E-state index is 0.179. The van der Waals surface area contributed by atoms with Crippen LogP contribution in [-0.2, 0) is 4.79 Å². The Morgan fingerprint density at radius 3 is 2.07 bits per heavy atom. The molecule has 1 N–H and O–H groups in total. The Labute approximate surface area is 182 Å². The van der Waals surface area contributed by atoms with Crippen LogP contribution in [0.1, 0.15) is 17.0 Å². The van der Waals surface area contributed by atoms with Crippen molar-refractivity contribution in [2.45, 2.75) is 5.92 Å². The van der Waals surface area contributed by atoms with Crippen molar-refractivity contribution < 1.29 is 4.79 Å². The van der Waals surface area contributed by atoms with Crippen LogP contribution in [0.25, 0.3) is 10.4 Å². The second kappa shape index (κ2) is 8.74. The van der Waals surface area contributed by atoms with Gasteiger partial charge in [-0.2, -0.15) is 0 Å². The number of thiazole rings is 1. The number of amides is 1. The highest BCUT2D eigenvalue weighted by Gasteiger charge is 2.24. The van der Waals surface area contributed by atoms with Gasteiger partial charge in [0, 0.05) is 34.2 Å². The van der Waals surface area contributed by atoms with Gasteiger partial charge in [0.1, 0.15) is 0 Å². The summed E-state index contributed by atoms with van der Waals surface area (Å²) in [5, 5.41) is 4.70. The molecular formula is C22H15Cl2N3OS. The number of hydrogen-bond acceptors (Lipinski definition) is 4. The lowest BCUT2D eigenvalue weighted by Gasteiger charge is -2.17. The summed E-state index contributed by atoms with van der Waals surface area (Å²) in [6.07, 6.45) is 5.22. The van der Waals surface area contributed by atoms with Gasteiger partial charge < -0.3 is 5.32 Å². The molecule has 0 atom stereocenters. The van der Waals surface area contributed by atoms with E-state index in [-0.39, 0.29) is 5.91 Å². The Balaban J connectivity index is 1.62. The van der Waals surface area contributed by atoms with Crippen molar-refractivity contribution >= 4 is 45.6 Å². The molecule has 0 radical (unpaired) electrons. The molecule has 4 aromatic rings. The van der Waals surface area contributed by atoms with Crippen molar-refractivity contribution in [2.24, 2.45) is 0 Å². The van der Waals surface area contributed by atoms with Gasteiger partial charge in [-0.25, -0.2) is 4.98 Å². The molecule has 0 saturated carbocycles. The second-order valence-electron chi connectivity index (χ2n) is 6.30. The van der Waals surface area contributed by atoms with Gasteiger partial charge in [0.15, 0.2) is 5.13 Å². The first-order valence-corrected chi connectivity index (χ1v) is 10.4. The number of nitrogens with zero attached hydrogens (tertiary/aromatic N) is 2. The standard InChI is InChI=1S/C22H15Cl2N3OS/c23-17-7-3-14(4-8-17)20(15-5-9-18(24)10-6-15)21(28)27-22-26-13-19(29-22)16-2-1-11-25-12-16/h1-13,20H,(H,26,27,28). The predicted molar refractivity (Wildman–Crippen MR) is 119 cm³/mol. The van der Waals surface area contributed by atoms with Crippen molar-refractivity contribution in [3.8, 4) is 10.4 Å². The fourth-order valence-corrected chi connectivity index (χ4v) is 4.02. The van der Waals surface area contributed by atoms with Crippen LogP contribution in [-0.4, -0.2) is 15.9 Å². The molecule has 0 bridgehead atoms. The molecule has 7 heteroatoms. The van der Waals surface area contributed by atoms with E-state index >= 15 is 0 Å². The number of aromatic nitrogens is 2. The molecule has 2 aromatic carbocycles. The van der Waals surface area contributed by atoms with Gasteiger partial charge in [-0.05, 0) is 41.5 Å². The Bertz CT molecular complexity index is 1070. The number of carbonyl (C=O) groups excluding carboxylic acids is 1. The minimum atomic E-state index is -0.518. The number of anilines is 1. The lowest BCUT2D eigenvalue weighted by Crippen LogP contribution is -2.22. The lowest BCUT2D eigenvalue weighted by molar-refractivity contribution is -0.116. The van der Waals surface area contributed by atoms with Crippen LogP contribution in [0.3, 0.4) is 0 Å². The highest BCUT2D eigenvalue weighted by molar-refractivity contribution is 7.19. The highest BCUT2D eigenvalue weighted by atomic mass is 35.5. The SMILES string of the molecule is O=C(Nc1ncc(-c2cccnc2)s1)C(c1ccc(Cl)cc1)c1ccc(Cl)cc1. The van der Waals surface area contributed by atoms with Gasteiger partial charge in [0.05, 0.1) is 10.8 Å². The normalized spacial score (nSPS) is 10.9. The summed E-state index contributed by atoms with van der Waals surface area (Å²) in [4.78, 5) is 22.6. The maximum absolute atomic E-state index is 13.2. The molecule has 144 valence electrons. The highest BCUT2D eigenvalue weighted by Crippen LogP contribution is 2.31. The maximum atomic E-state index is 13.2. The van der Waals surface area contributed by atoms with Crippen LogP contribution in [0, 0.1) is 0 Å². The average Bonchev–Trinajstić information content (AvgIpc) is 3.20. The van der Waals surface area contributed by atoms with E-state index in [2.05, 4.69) is 15.3 Å². The fourth-order valence-electron chi connectivity index (χ4n) is 2.96. The lowest BCUT2D eigenvalue weighted by atomic mass is 9.90. The third-order valence-electron chi connectivity index (χ3n) is 4.35. The van der Waals surface area contributed by atoms with Crippen LogP contribution in [0.4, 0.5) is 5.13 Å². The van der Waals surface area contributed by atoms with Gasteiger partial charge in [-0.15, -0.1) is 0 Å². The van der Waals surface area contributed by atoms with E-state index < -0.39 is 5.92 Å². The molecule has 0 aliphatic heterocycles. The second-order valence-corrected chi connectivity index (χ2v) is 8.20. The predicted octanol–water partition coefficient (Wildman–Crippen LogP) is 6.28. The molecule has 1 amide bonds. The zero-order valence-electron chi connectivity index (χ0n) is 15.0. The zero-order chi connectivity index (χ0) is 20.2. The summed E-state index contributed by atoms with van der Waals surface area (Å²) >= 11 is 13.4. The Morgan fingerprint density at radius 2 is 1.52 bits per heavy atom. The van der Waals surface area contributed by atoms with Crippen LogP contribution in [0.15, 0.2) is 79.3 Å². The van der Waals surface area contributed by atoms with Gasteiger partial charge in [-0.1, -0.05) is 64.9 Å². The van der Waals surface area contributed by atoms with Gasteiger partial charge >= 0.3 is 0 Å². The Morgan fingerprint density at radius 1 is 0.897 bits per heavy atom. The number of halogens is 2. The molecule has 0 fully saturated rings. The van der Waals surface area contributed by atoms with Crippen LogP contribution < -0.4 is 5.32 Å². The quantitative estimate of drug-likeness (QED) is 0.397. The summed E-state index contributed by atoms with van der Waals surface area (Å²) in [7, 11) is 0. The van der Waals surface area contributed by atoms with Crippen molar-refractivity contribution in [1.82, 2.24) is 9.97 Å². The molecule has 0 aliphatic carbocycles. The summed E-state index contributed by atoms with van der Waals surface area (Å²) in [5.41, 5.74) is 2.62. The number of carbonyl (C=O) groups is 1. The molecule has 2 aromatic heterocycles. The molecule has 2 heterocycles. The fraction of sp³-hybridized carbons (Fsp3) is 0.0455. The van der Waals surface area contributed by atoms with E-state index in [9.17, 15) is 4.79 Å². The molecule has 29 heavy (non-hydrogen) atoms.